The summed E-state index contributed by atoms with van der Waals surface area (Å²) < 4.78 is 33.0. The number of hydrogen-bond donors (Lipinski definition) is 1. The molecule has 0 atom stereocenters. The molecule has 0 saturated carbocycles. The normalized spacial score (nSPS) is 11.3. The highest BCUT2D eigenvalue weighted by Gasteiger charge is 2.19. The second-order valence-corrected chi connectivity index (χ2v) is 7.33. The third kappa shape index (κ3) is 3.52. The van der Waals surface area contributed by atoms with Gasteiger partial charge in [0.25, 0.3) is 10.0 Å². The fourth-order valence-electron chi connectivity index (χ4n) is 2.60. The summed E-state index contributed by atoms with van der Waals surface area (Å²) in [5.74, 6) is -0.448. The van der Waals surface area contributed by atoms with Crippen LogP contribution in [0.15, 0.2) is 59.6 Å². The first kappa shape index (κ1) is 17.9. The monoisotopic (exact) mass is 370 g/mol. The maximum absolute atomic E-state index is 12.8. The Kier molecular flexibility index (Phi) is 4.90. The van der Waals surface area contributed by atoms with E-state index in [1.807, 2.05) is 19.1 Å². The zero-order valence-electron chi connectivity index (χ0n) is 14.4. The van der Waals surface area contributed by atoms with Crippen LogP contribution in [0.4, 0.5) is 5.69 Å². The molecule has 3 aromatic rings. The van der Waals surface area contributed by atoms with E-state index in [-0.39, 0.29) is 11.5 Å². The largest absolute Gasteiger partial charge is 0.462 e. The Morgan fingerprint density at radius 3 is 2.54 bits per heavy atom. The zero-order valence-corrected chi connectivity index (χ0v) is 15.2. The highest BCUT2D eigenvalue weighted by molar-refractivity contribution is 7.93. The minimum atomic E-state index is -3.83. The lowest BCUT2D eigenvalue weighted by molar-refractivity contribution is 0.0526. The van der Waals surface area contributed by atoms with E-state index >= 15 is 0 Å². The number of fused-ring (bicyclic) bond motifs is 1. The van der Waals surface area contributed by atoms with Crippen molar-refractivity contribution in [2.75, 3.05) is 11.3 Å². The average molecular weight is 370 g/mol. The molecular formula is C19H18N2O4S. The number of hydrogen-bond acceptors (Lipinski definition) is 5. The number of pyridine rings is 1. The number of aryl methyl sites for hydroxylation is 1. The number of carbonyl (C=O) groups is 1. The third-order valence-electron chi connectivity index (χ3n) is 3.89. The summed E-state index contributed by atoms with van der Waals surface area (Å²) in [6, 6.07) is 13.0. The first-order valence-electron chi connectivity index (χ1n) is 8.06. The Balaban J connectivity index is 1.93. The van der Waals surface area contributed by atoms with E-state index in [9.17, 15) is 13.2 Å². The molecule has 0 aliphatic heterocycles. The molecule has 0 fully saturated rings. The van der Waals surface area contributed by atoms with Gasteiger partial charge in [-0.1, -0.05) is 12.1 Å². The van der Waals surface area contributed by atoms with Gasteiger partial charge in [-0.15, -0.1) is 0 Å². The van der Waals surface area contributed by atoms with Crippen LogP contribution in [-0.4, -0.2) is 26.0 Å². The Labute approximate surface area is 151 Å². The number of sulfonamides is 1. The summed E-state index contributed by atoms with van der Waals surface area (Å²) in [6.45, 7) is 3.91. The molecule has 0 bridgehead atoms. The summed E-state index contributed by atoms with van der Waals surface area (Å²) in [7, 11) is -3.83. The van der Waals surface area contributed by atoms with Crippen LogP contribution in [0.5, 0.6) is 0 Å². The fourth-order valence-corrected chi connectivity index (χ4v) is 3.83. The fraction of sp³-hybridized carbons (Fsp3) is 0.158. The predicted molar refractivity (Wildman–Crippen MR) is 99.7 cm³/mol. The second-order valence-electron chi connectivity index (χ2n) is 5.68. The van der Waals surface area contributed by atoms with Gasteiger partial charge in [-0.05, 0) is 55.8 Å². The first-order chi connectivity index (χ1) is 12.4. The number of benzene rings is 2. The Morgan fingerprint density at radius 1 is 1.12 bits per heavy atom. The van der Waals surface area contributed by atoms with E-state index in [1.165, 1.54) is 30.3 Å². The van der Waals surface area contributed by atoms with Gasteiger partial charge in [-0.2, -0.15) is 0 Å². The van der Waals surface area contributed by atoms with Crippen molar-refractivity contribution in [2.24, 2.45) is 0 Å². The number of esters is 1. The molecule has 3 rings (SSSR count). The lowest BCUT2D eigenvalue weighted by atomic mass is 10.1. The molecular weight excluding hydrogens is 352 g/mol. The van der Waals surface area contributed by atoms with Crippen LogP contribution in [0.3, 0.4) is 0 Å². The van der Waals surface area contributed by atoms with Crippen molar-refractivity contribution in [1.29, 1.82) is 0 Å². The van der Waals surface area contributed by atoms with Gasteiger partial charge >= 0.3 is 5.97 Å². The number of nitrogens with zero attached hydrogens (tertiary/aromatic N) is 1. The lowest BCUT2D eigenvalue weighted by Crippen LogP contribution is -2.14. The molecule has 0 radical (unpaired) electrons. The minimum absolute atomic E-state index is 0.105. The molecule has 1 heterocycles. The molecule has 134 valence electrons. The predicted octanol–water partition coefficient (Wildman–Crippen LogP) is 3.52. The molecule has 0 aliphatic rings. The number of anilines is 1. The van der Waals surface area contributed by atoms with E-state index in [0.717, 1.165) is 10.9 Å². The highest BCUT2D eigenvalue weighted by Crippen LogP contribution is 2.25. The Morgan fingerprint density at radius 2 is 1.85 bits per heavy atom. The highest BCUT2D eigenvalue weighted by atomic mass is 32.2. The van der Waals surface area contributed by atoms with Gasteiger partial charge in [0.05, 0.1) is 17.7 Å². The number of para-hydroxylation sites is 1. The van der Waals surface area contributed by atoms with Crippen LogP contribution < -0.4 is 4.72 Å². The summed E-state index contributed by atoms with van der Waals surface area (Å²) in [6.07, 6.45) is 1.59. The molecule has 0 aliphatic carbocycles. The van der Waals surface area contributed by atoms with Gasteiger partial charge in [-0.3, -0.25) is 9.71 Å². The van der Waals surface area contributed by atoms with Gasteiger partial charge in [0, 0.05) is 17.3 Å². The molecule has 7 heteroatoms. The molecule has 26 heavy (non-hydrogen) atoms. The smallest absolute Gasteiger partial charge is 0.338 e. The van der Waals surface area contributed by atoms with Crippen molar-refractivity contribution in [1.82, 2.24) is 4.98 Å². The molecule has 0 amide bonds. The number of carbonyl (C=O) groups excluding carboxylic acids is 1. The summed E-state index contributed by atoms with van der Waals surface area (Å²) in [5.41, 5.74) is 2.08. The molecule has 1 aromatic heterocycles. The maximum Gasteiger partial charge on any atom is 0.338 e. The zero-order chi connectivity index (χ0) is 18.7. The summed E-state index contributed by atoms with van der Waals surface area (Å²) in [5, 5.41) is 0.785. The van der Waals surface area contributed by atoms with Gasteiger partial charge in [0.15, 0.2) is 0 Å². The number of aromatic nitrogens is 1. The van der Waals surface area contributed by atoms with Crippen molar-refractivity contribution in [2.45, 2.75) is 18.7 Å². The molecule has 0 saturated heterocycles. The van der Waals surface area contributed by atoms with E-state index in [2.05, 4.69) is 9.71 Å². The van der Waals surface area contributed by atoms with Crippen LogP contribution in [0, 0.1) is 6.92 Å². The van der Waals surface area contributed by atoms with Crippen molar-refractivity contribution in [3.05, 3.63) is 65.9 Å². The molecule has 0 unspecified atom stereocenters. The van der Waals surface area contributed by atoms with Crippen LogP contribution in [0.1, 0.15) is 22.8 Å². The number of ether oxygens (including phenoxy) is 1. The average Bonchev–Trinajstić information content (AvgIpc) is 2.62. The van der Waals surface area contributed by atoms with Gasteiger partial charge in [0.2, 0.25) is 0 Å². The van der Waals surface area contributed by atoms with E-state index in [0.29, 0.717) is 16.8 Å². The number of nitrogens with one attached hydrogen (secondary N) is 1. The third-order valence-corrected chi connectivity index (χ3v) is 5.30. The summed E-state index contributed by atoms with van der Waals surface area (Å²) in [4.78, 5) is 16.0. The van der Waals surface area contributed by atoms with Crippen LogP contribution >= 0.6 is 0 Å². The second kappa shape index (κ2) is 7.13. The molecule has 1 N–H and O–H groups in total. The van der Waals surface area contributed by atoms with E-state index in [4.69, 9.17) is 4.74 Å². The minimum Gasteiger partial charge on any atom is -0.462 e. The van der Waals surface area contributed by atoms with Gasteiger partial charge in [0.1, 0.15) is 4.90 Å². The summed E-state index contributed by atoms with van der Waals surface area (Å²) >= 11 is 0. The standard InChI is InChI=1S/C19H18N2O4S/c1-3-25-19(22)14-7-9-15(10-8-14)21-26(23,24)17-6-4-5-16-13(2)11-12-20-18(16)17/h4-12,21H,3H2,1-2H3. The molecule has 6 nitrogen and oxygen atoms in total. The van der Waals surface area contributed by atoms with Crippen molar-refractivity contribution in [3.63, 3.8) is 0 Å². The van der Waals surface area contributed by atoms with Crippen molar-refractivity contribution in [3.8, 4) is 0 Å². The maximum atomic E-state index is 12.8. The van der Waals surface area contributed by atoms with E-state index in [1.54, 1.807) is 19.2 Å². The van der Waals surface area contributed by atoms with Gasteiger partial charge in [-0.25, -0.2) is 13.2 Å². The SMILES string of the molecule is CCOC(=O)c1ccc(NS(=O)(=O)c2cccc3c(C)ccnc23)cc1. The Hall–Kier alpha value is -2.93. The number of rotatable bonds is 5. The quantitative estimate of drug-likeness (QED) is 0.695. The van der Waals surface area contributed by atoms with Crippen LogP contribution in [0.2, 0.25) is 0 Å². The molecule has 2 aromatic carbocycles. The van der Waals surface area contributed by atoms with Crippen molar-refractivity contribution >= 4 is 32.6 Å². The van der Waals surface area contributed by atoms with Gasteiger partial charge < -0.3 is 4.74 Å². The lowest BCUT2D eigenvalue weighted by Gasteiger charge is -2.11. The van der Waals surface area contributed by atoms with E-state index < -0.39 is 16.0 Å². The first-order valence-corrected chi connectivity index (χ1v) is 9.55. The topological polar surface area (TPSA) is 85.4 Å². The van der Waals surface area contributed by atoms with Crippen LogP contribution in [0.25, 0.3) is 10.9 Å². The Bertz CT molecular complexity index is 1060. The molecule has 0 spiro atoms. The van der Waals surface area contributed by atoms with Crippen LogP contribution in [-0.2, 0) is 14.8 Å². The van der Waals surface area contributed by atoms with Crippen molar-refractivity contribution < 1.29 is 17.9 Å².